The summed E-state index contributed by atoms with van der Waals surface area (Å²) in [5.41, 5.74) is 0.852. The van der Waals surface area contributed by atoms with Gasteiger partial charge in [0.05, 0.1) is 20.8 Å². The van der Waals surface area contributed by atoms with Gasteiger partial charge in [-0.25, -0.2) is 4.79 Å². The molecule has 0 unspecified atom stereocenters. The lowest BCUT2D eigenvalue weighted by atomic mass is 10.2. The van der Waals surface area contributed by atoms with Crippen LogP contribution in [0.1, 0.15) is 25.3 Å². The third-order valence-corrected chi connectivity index (χ3v) is 2.56. The molecule has 1 aromatic carbocycles. The third kappa shape index (κ3) is 5.04. The fourth-order valence-corrected chi connectivity index (χ4v) is 1.47. The summed E-state index contributed by atoms with van der Waals surface area (Å²) < 4.78 is 15.4. The van der Waals surface area contributed by atoms with Gasteiger partial charge in [-0.2, -0.15) is 0 Å². The van der Waals surface area contributed by atoms with E-state index < -0.39 is 0 Å². The molecule has 1 aromatic rings. The molecule has 0 spiro atoms. The normalized spacial score (nSPS) is 10.5. The molecule has 0 aromatic heterocycles. The largest absolute Gasteiger partial charge is 0.493 e. The Kier molecular flexibility index (Phi) is 6.50. The van der Waals surface area contributed by atoms with Crippen molar-refractivity contribution >= 4 is 12.0 Å². The number of esters is 1. The molecule has 0 amide bonds. The molecule has 0 bridgehead atoms. The first-order chi connectivity index (χ1) is 9.21. The van der Waals surface area contributed by atoms with Gasteiger partial charge in [0, 0.05) is 6.08 Å². The van der Waals surface area contributed by atoms with Crippen LogP contribution in [0.25, 0.3) is 6.08 Å². The van der Waals surface area contributed by atoms with Crippen LogP contribution in [0.5, 0.6) is 11.5 Å². The first kappa shape index (κ1) is 15.1. The smallest absolute Gasteiger partial charge is 0.330 e. The van der Waals surface area contributed by atoms with Gasteiger partial charge in [-0.1, -0.05) is 19.4 Å². The van der Waals surface area contributed by atoms with E-state index in [-0.39, 0.29) is 5.97 Å². The highest BCUT2D eigenvalue weighted by Crippen LogP contribution is 2.28. The number of rotatable bonds is 7. The minimum atomic E-state index is -0.387. The maximum absolute atomic E-state index is 11.0. The summed E-state index contributed by atoms with van der Waals surface area (Å²) in [4.78, 5) is 11.0. The molecule has 0 fully saturated rings. The second-order valence-electron chi connectivity index (χ2n) is 3.97. The van der Waals surface area contributed by atoms with Gasteiger partial charge in [0.2, 0.25) is 0 Å². The minimum absolute atomic E-state index is 0.387. The number of unbranched alkanes of at least 4 members (excludes halogenated alkanes) is 1. The molecule has 0 aliphatic rings. The number of benzene rings is 1. The predicted molar refractivity (Wildman–Crippen MR) is 74.4 cm³/mol. The van der Waals surface area contributed by atoms with Gasteiger partial charge in [0.15, 0.2) is 11.5 Å². The van der Waals surface area contributed by atoms with Crippen LogP contribution in [0.15, 0.2) is 24.3 Å². The summed E-state index contributed by atoms with van der Waals surface area (Å²) in [5, 5.41) is 0. The van der Waals surface area contributed by atoms with Crippen LogP contribution in [0.3, 0.4) is 0 Å². The van der Waals surface area contributed by atoms with Gasteiger partial charge >= 0.3 is 5.97 Å². The molecule has 0 saturated heterocycles. The van der Waals surface area contributed by atoms with Gasteiger partial charge in [0.25, 0.3) is 0 Å². The van der Waals surface area contributed by atoms with Gasteiger partial charge in [-0.05, 0) is 30.2 Å². The van der Waals surface area contributed by atoms with Crippen molar-refractivity contribution in [3.8, 4) is 11.5 Å². The van der Waals surface area contributed by atoms with E-state index >= 15 is 0 Å². The van der Waals surface area contributed by atoms with Crippen molar-refractivity contribution < 1.29 is 19.0 Å². The summed E-state index contributed by atoms with van der Waals surface area (Å²) >= 11 is 0. The average molecular weight is 264 g/mol. The monoisotopic (exact) mass is 264 g/mol. The Labute approximate surface area is 114 Å². The summed E-state index contributed by atoms with van der Waals surface area (Å²) in [7, 11) is 2.94. The maximum Gasteiger partial charge on any atom is 0.330 e. The van der Waals surface area contributed by atoms with E-state index in [2.05, 4.69) is 11.7 Å². The Balaban J connectivity index is 2.77. The molecule has 104 valence electrons. The van der Waals surface area contributed by atoms with Gasteiger partial charge in [0.1, 0.15) is 0 Å². The van der Waals surface area contributed by atoms with Crippen LogP contribution in [0.4, 0.5) is 0 Å². The van der Waals surface area contributed by atoms with Crippen LogP contribution >= 0.6 is 0 Å². The third-order valence-electron chi connectivity index (χ3n) is 2.56. The number of methoxy groups -OCH3 is 2. The summed E-state index contributed by atoms with van der Waals surface area (Å²) in [6.07, 6.45) is 5.13. The Bertz CT molecular complexity index is 438. The van der Waals surface area contributed by atoms with Crippen LogP contribution < -0.4 is 9.47 Å². The lowest BCUT2D eigenvalue weighted by molar-refractivity contribution is -0.134. The molecule has 0 saturated carbocycles. The number of hydrogen-bond acceptors (Lipinski definition) is 4. The number of ether oxygens (including phenoxy) is 3. The van der Waals surface area contributed by atoms with E-state index in [0.717, 1.165) is 18.4 Å². The number of hydrogen-bond donors (Lipinski definition) is 0. The summed E-state index contributed by atoms with van der Waals surface area (Å²) in [6, 6.07) is 5.52. The van der Waals surface area contributed by atoms with Gasteiger partial charge in [-0.15, -0.1) is 0 Å². The Morgan fingerprint density at radius 2 is 2.05 bits per heavy atom. The first-order valence-corrected chi connectivity index (χ1v) is 6.28. The molecule has 19 heavy (non-hydrogen) atoms. The van der Waals surface area contributed by atoms with Crippen molar-refractivity contribution in [2.45, 2.75) is 19.8 Å². The fourth-order valence-electron chi connectivity index (χ4n) is 1.47. The SMILES string of the molecule is CCCCOc1ccc(C=CC(=O)OC)cc1OC. The second-order valence-corrected chi connectivity index (χ2v) is 3.97. The molecule has 4 nitrogen and oxygen atoms in total. The number of carbonyl (C=O) groups excluding carboxylic acids is 1. The second kappa shape index (κ2) is 8.19. The lowest BCUT2D eigenvalue weighted by Gasteiger charge is -2.10. The van der Waals surface area contributed by atoms with Gasteiger partial charge < -0.3 is 14.2 Å². The predicted octanol–water partition coefficient (Wildman–Crippen LogP) is 3.06. The van der Waals surface area contributed by atoms with E-state index in [4.69, 9.17) is 9.47 Å². The van der Waals surface area contributed by atoms with Crippen molar-refractivity contribution in [2.24, 2.45) is 0 Å². The summed E-state index contributed by atoms with van der Waals surface area (Å²) in [6.45, 7) is 2.78. The van der Waals surface area contributed by atoms with Crippen molar-refractivity contribution in [1.82, 2.24) is 0 Å². The molecule has 1 rings (SSSR count). The topological polar surface area (TPSA) is 44.8 Å². The highest BCUT2D eigenvalue weighted by Gasteiger charge is 2.04. The van der Waals surface area contributed by atoms with Crippen molar-refractivity contribution in [2.75, 3.05) is 20.8 Å². The summed E-state index contributed by atoms with van der Waals surface area (Å²) in [5.74, 6) is 0.983. The van der Waals surface area contributed by atoms with Crippen LogP contribution in [0, 0.1) is 0 Å². The van der Waals surface area contributed by atoms with Crippen LogP contribution in [0.2, 0.25) is 0 Å². The highest BCUT2D eigenvalue weighted by atomic mass is 16.5. The molecular weight excluding hydrogens is 244 g/mol. The van der Waals surface area contributed by atoms with E-state index in [0.29, 0.717) is 18.1 Å². The molecule has 4 heteroatoms. The Morgan fingerprint density at radius 1 is 1.26 bits per heavy atom. The average Bonchev–Trinajstić information content (AvgIpc) is 2.45. The Hall–Kier alpha value is -1.97. The molecule has 0 atom stereocenters. The molecule has 0 N–H and O–H groups in total. The zero-order chi connectivity index (χ0) is 14.1. The number of carbonyl (C=O) groups is 1. The maximum atomic E-state index is 11.0. The van der Waals surface area contributed by atoms with Crippen molar-refractivity contribution in [1.29, 1.82) is 0 Å². The molecule has 0 aliphatic heterocycles. The van der Waals surface area contributed by atoms with Gasteiger partial charge in [-0.3, -0.25) is 0 Å². The lowest BCUT2D eigenvalue weighted by Crippen LogP contribution is -1.99. The zero-order valence-corrected chi connectivity index (χ0v) is 11.6. The zero-order valence-electron chi connectivity index (χ0n) is 11.6. The quantitative estimate of drug-likeness (QED) is 0.431. The van der Waals surface area contributed by atoms with E-state index in [1.165, 1.54) is 13.2 Å². The Morgan fingerprint density at radius 3 is 2.68 bits per heavy atom. The standard InChI is InChI=1S/C15H20O4/c1-4-5-10-19-13-8-6-12(11-14(13)17-2)7-9-15(16)18-3/h6-9,11H,4-5,10H2,1-3H3. The van der Waals surface area contributed by atoms with Crippen LogP contribution in [-0.2, 0) is 9.53 Å². The molecular formula is C15H20O4. The van der Waals surface area contributed by atoms with E-state index in [9.17, 15) is 4.79 Å². The van der Waals surface area contributed by atoms with E-state index in [1.54, 1.807) is 13.2 Å². The minimum Gasteiger partial charge on any atom is -0.493 e. The van der Waals surface area contributed by atoms with Crippen molar-refractivity contribution in [3.63, 3.8) is 0 Å². The molecule has 0 heterocycles. The highest BCUT2D eigenvalue weighted by molar-refractivity contribution is 5.87. The first-order valence-electron chi connectivity index (χ1n) is 6.28. The van der Waals surface area contributed by atoms with Crippen molar-refractivity contribution in [3.05, 3.63) is 29.8 Å². The van der Waals surface area contributed by atoms with Crippen LogP contribution in [-0.4, -0.2) is 26.8 Å². The van der Waals surface area contributed by atoms with E-state index in [1.807, 2.05) is 18.2 Å². The molecule has 0 aliphatic carbocycles. The fraction of sp³-hybridized carbons (Fsp3) is 0.400. The molecule has 0 radical (unpaired) electrons.